The maximum atomic E-state index is 12.1. The lowest BCUT2D eigenvalue weighted by Gasteiger charge is -2.37. The molecule has 3 atom stereocenters. The minimum atomic E-state index is -0.0873. The SMILES string of the molecule is COCCNC(=O)C[C@@H]1C[C@@H](C(C)C)[C@H](CNC(=O)COC)C=C1C. The molecule has 25 heavy (non-hydrogen) atoms. The Kier molecular flexibility index (Phi) is 9.75. The highest BCUT2D eigenvalue weighted by Crippen LogP contribution is 2.38. The first-order valence-electron chi connectivity index (χ1n) is 9.08. The van der Waals surface area contributed by atoms with E-state index >= 15 is 0 Å². The molecule has 1 rings (SSSR count). The summed E-state index contributed by atoms with van der Waals surface area (Å²) in [5, 5.41) is 5.85. The number of nitrogens with one attached hydrogen (secondary N) is 2. The van der Waals surface area contributed by atoms with Crippen LogP contribution in [-0.4, -0.2) is 52.3 Å². The molecule has 0 aromatic carbocycles. The van der Waals surface area contributed by atoms with Gasteiger partial charge >= 0.3 is 0 Å². The zero-order chi connectivity index (χ0) is 18.8. The second-order valence-electron chi connectivity index (χ2n) is 7.20. The summed E-state index contributed by atoms with van der Waals surface area (Å²) in [4.78, 5) is 23.8. The smallest absolute Gasteiger partial charge is 0.246 e. The Morgan fingerprint density at radius 3 is 2.52 bits per heavy atom. The maximum Gasteiger partial charge on any atom is 0.246 e. The number of hydrogen-bond donors (Lipinski definition) is 2. The topological polar surface area (TPSA) is 76.7 Å². The molecule has 0 spiro atoms. The van der Waals surface area contributed by atoms with E-state index in [1.165, 1.54) is 12.7 Å². The molecule has 0 unspecified atom stereocenters. The van der Waals surface area contributed by atoms with Crippen molar-refractivity contribution in [3.63, 3.8) is 0 Å². The molecule has 6 heteroatoms. The normalized spacial score (nSPS) is 23.3. The lowest BCUT2D eigenvalue weighted by molar-refractivity contribution is -0.125. The Balaban J connectivity index is 2.66. The van der Waals surface area contributed by atoms with Gasteiger partial charge in [0.25, 0.3) is 0 Å². The summed E-state index contributed by atoms with van der Waals surface area (Å²) >= 11 is 0. The molecular formula is C19H34N2O4. The van der Waals surface area contributed by atoms with Crippen molar-refractivity contribution in [3.8, 4) is 0 Å². The van der Waals surface area contributed by atoms with Crippen LogP contribution in [0, 0.1) is 23.7 Å². The van der Waals surface area contributed by atoms with Crippen molar-refractivity contribution < 1.29 is 19.1 Å². The van der Waals surface area contributed by atoms with Crippen LogP contribution in [0.1, 0.15) is 33.6 Å². The van der Waals surface area contributed by atoms with Gasteiger partial charge in [-0.3, -0.25) is 9.59 Å². The molecule has 1 aliphatic carbocycles. The highest BCUT2D eigenvalue weighted by Gasteiger charge is 2.32. The molecule has 0 bridgehead atoms. The van der Waals surface area contributed by atoms with E-state index in [1.54, 1.807) is 7.11 Å². The van der Waals surface area contributed by atoms with E-state index < -0.39 is 0 Å². The fourth-order valence-electron chi connectivity index (χ4n) is 3.51. The van der Waals surface area contributed by atoms with Crippen LogP contribution in [0.5, 0.6) is 0 Å². The lowest BCUT2D eigenvalue weighted by atomic mass is 9.69. The Bertz CT molecular complexity index is 462. The van der Waals surface area contributed by atoms with E-state index in [4.69, 9.17) is 9.47 Å². The third-order valence-electron chi connectivity index (χ3n) is 4.95. The molecular weight excluding hydrogens is 320 g/mol. The molecule has 2 N–H and O–H groups in total. The van der Waals surface area contributed by atoms with Crippen molar-refractivity contribution in [2.75, 3.05) is 40.5 Å². The number of ether oxygens (including phenoxy) is 2. The van der Waals surface area contributed by atoms with E-state index in [1.807, 2.05) is 0 Å². The average molecular weight is 354 g/mol. The highest BCUT2D eigenvalue weighted by atomic mass is 16.5. The minimum absolute atomic E-state index is 0.0733. The number of carbonyl (C=O) groups excluding carboxylic acids is 2. The van der Waals surface area contributed by atoms with Crippen molar-refractivity contribution in [2.45, 2.75) is 33.6 Å². The molecule has 2 amide bonds. The van der Waals surface area contributed by atoms with Gasteiger partial charge in [0.1, 0.15) is 6.61 Å². The molecule has 6 nitrogen and oxygen atoms in total. The average Bonchev–Trinajstić information content (AvgIpc) is 2.55. The second kappa shape index (κ2) is 11.3. The quantitative estimate of drug-likeness (QED) is 0.463. The Hall–Kier alpha value is -1.40. The standard InChI is InChI=1S/C19H34N2O4/c1-13(2)17-9-15(10-18(22)20-6-7-24-4)14(3)8-16(17)11-21-19(23)12-25-5/h8,13,15-17H,6-7,9-12H2,1-5H3,(H,20,22)(H,21,23)/t15-,16-,17-/m0/s1. The van der Waals surface area contributed by atoms with E-state index in [-0.39, 0.29) is 24.3 Å². The molecule has 0 heterocycles. The van der Waals surface area contributed by atoms with Gasteiger partial charge in [0.15, 0.2) is 0 Å². The first-order valence-corrected chi connectivity index (χ1v) is 9.08. The van der Waals surface area contributed by atoms with Crippen LogP contribution in [0.15, 0.2) is 11.6 Å². The predicted octanol–water partition coefficient (Wildman–Crippen LogP) is 1.76. The second-order valence-corrected chi connectivity index (χ2v) is 7.20. The van der Waals surface area contributed by atoms with E-state index in [0.29, 0.717) is 43.9 Å². The first kappa shape index (κ1) is 21.6. The fraction of sp³-hybridized carbons (Fsp3) is 0.789. The van der Waals surface area contributed by atoms with E-state index in [9.17, 15) is 9.59 Å². The molecule has 0 saturated heterocycles. The van der Waals surface area contributed by atoms with Crippen LogP contribution < -0.4 is 10.6 Å². The van der Waals surface area contributed by atoms with Crippen molar-refractivity contribution in [3.05, 3.63) is 11.6 Å². The minimum Gasteiger partial charge on any atom is -0.383 e. The zero-order valence-electron chi connectivity index (χ0n) is 16.3. The number of amides is 2. The number of carbonyl (C=O) groups is 2. The molecule has 0 aliphatic heterocycles. The number of rotatable bonds is 10. The van der Waals surface area contributed by atoms with Crippen LogP contribution in [-0.2, 0) is 19.1 Å². The van der Waals surface area contributed by atoms with Crippen molar-refractivity contribution in [2.24, 2.45) is 23.7 Å². The summed E-state index contributed by atoms with van der Waals surface area (Å²) in [7, 11) is 3.14. The highest BCUT2D eigenvalue weighted by molar-refractivity contribution is 5.77. The monoisotopic (exact) mass is 354 g/mol. The molecule has 144 valence electrons. The van der Waals surface area contributed by atoms with Crippen LogP contribution in [0.2, 0.25) is 0 Å². The van der Waals surface area contributed by atoms with Gasteiger partial charge in [-0.15, -0.1) is 0 Å². The van der Waals surface area contributed by atoms with Gasteiger partial charge in [-0.2, -0.15) is 0 Å². The summed E-state index contributed by atoms with van der Waals surface area (Å²) in [6, 6.07) is 0. The third kappa shape index (κ3) is 7.57. The Labute approximate surface area is 151 Å². The van der Waals surface area contributed by atoms with Crippen molar-refractivity contribution in [1.29, 1.82) is 0 Å². The van der Waals surface area contributed by atoms with Crippen LogP contribution >= 0.6 is 0 Å². The lowest BCUT2D eigenvalue weighted by Crippen LogP contribution is -2.38. The van der Waals surface area contributed by atoms with Gasteiger partial charge in [0, 0.05) is 33.7 Å². The Morgan fingerprint density at radius 2 is 1.92 bits per heavy atom. The first-order chi connectivity index (χ1) is 11.9. The third-order valence-corrected chi connectivity index (χ3v) is 4.95. The zero-order valence-corrected chi connectivity index (χ0v) is 16.3. The van der Waals surface area contributed by atoms with Crippen molar-refractivity contribution >= 4 is 11.8 Å². The van der Waals surface area contributed by atoms with Gasteiger partial charge in [-0.1, -0.05) is 25.5 Å². The van der Waals surface area contributed by atoms with Gasteiger partial charge in [0.05, 0.1) is 6.61 Å². The molecule has 1 aliphatic rings. The van der Waals surface area contributed by atoms with Crippen LogP contribution in [0.3, 0.4) is 0 Å². The maximum absolute atomic E-state index is 12.1. The molecule has 0 aromatic heterocycles. The van der Waals surface area contributed by atoms with Gasteiger partial charge in [-0.05, 0) is 37.0 Å². The number of hydrogen-bond acceptors (Lipinski definition) is 4. The summed E-state index contributed by atoms with van der Waals surface area (Å²) in [6.07, 6.45) is 3.73. The fourth-order valence-corrected chi connectivity index (χ4v) is 3.51. The Morgan fingerprint density at radius 1 is 1.20 bits per heavy atom. The van der Waals surface area contributed by atoms with Crippen LogP contribution in [0.25, 0.3) is 0 Å². The summed E-state index contributed by atoms with van der Waals surface area (Å²) in [6.45, 7) is 8.29. The van der Waals surface area contributed by atoms with E-state index in [0.717, 1.165) is 6.42 Å². The summed E-state index contributed by atoms with van der Waals surface area (Å²) in [5.41, 5.74) is 1.24. The molecule has 0 saturated carbocycles. The van der Waals surface area contributed by atoms with Crippen LogP contribution in [0.4, 0.5) is 0 Å². The van der Waals surface area contributed by atoms with Gasteiger partial charge in [0.2, 0.25) is 11.8 Å². The number of allylic oxidation sites excluding steroid dienone is 1. The van der Waals surface area contributed by atoms with Gasteiger partial charge < -0.3 is 20.1 Å². The van der Waals surface area contributed by atoms with Gasteiger partial charge in [-0.25, -0.2) is 0 Å². The van der Waals surface area contributed by atoms with E-state index in [2.05, 4.69) is 37.5 Å². The largest absolute Gasteiger partial charge is 0.383 e. The molecule has 0 aromatic rings. The summed E-state index contributed by atoms with van der Waals surface area (Å²) < 4.78 is 9.82. The van der Waals surface area contributed by atoms with Crippen molar-refractivity contribution in [1.82, 2.24) is 10.6 Å². The number of methoxy groups -OCH3 is 2. The molecule has 0 radical (unpaired) electrons. The molecule has 0 fully saturated rings. The predicted molar refractivity (Wildman–Crippen MR) is 98.1 cm³/mol. The summed E-state index contributed by atoms with van der Waals surface area (Å²) in [5.74, 6) is 1.49.